The van der Waals surface area contributed by atoms with Crippen molar-refractivity contribution in [1.82, 2.24) is 14.3 Å². The molecule has 5 rings (SSSR count). The Morgan fingerprint density at radius 1 is 1.21 bits per heavy atom. The average Bonchev–Trinajstić information content (AvgIpc) is 3.55. The number of thiazole rings is 1. The molecule has 7 nitrogen and oxygen atoms in total. The summed E-state index contributed by atoms with van der Waals surface area (Å²) < 4.78 is 4.01. The van der Waals surface area contributed by atoms with Gasteiger partial charge in [-0.3, -0.25) is 18.8 Å². The van der Waals surface area contributed by atoms with Gasteiger partial charge in [-0.2, -0.15) is 5.10 Å². The molecule has 0 saturated carbocycles. The van der Waals surface area contributed by atoms with Crippen LogP contribution < -0.4 is 20.2 Å². The van der Waals surface area contributed by atoms with Crippen LogP contribution in [0.15, 0.2) is 81.3 Å². The van der Waals surface area contributed by atoms with Crippen LogP contribution >= 0.6 is 22.7 Å². The van der Waals surface area contributed by atoms with E-state index in [0.29, 0.717) is 26.3 Å². The van der Waals surface area contributed by atoms with Crippen molar-refractivity contribution in [2.45, 2.75) is 26.4 Å². The van der Waals surface area contributed by atoms with Crippen molar-refractivity contribution in [1.29, 1.82) is 0 Å². The van der Waals surface area contributed by atoms with E-state index in [4.69, 9.17) is 0 Å². The lowest BCUT2D eigenvalue weighted by Crippen LogP contribution is -2.40. The summed E-state index contributed by atoms with van der Waals surface area (Å²) in [6.07, 6.45) is 5.47. The number of anilines is 1. The van der Waals surface area contributed by atoms with E-state index in [9.17, 15) is 9.59 Å². The summed E-state index contributed by atoms with van der Waals surface area (Å²) in [6.45, 7) is 4.59. The third kappa shape index (κ3) is 4.01. The topological polar surface area (TPSA) is 81.3 Å². The number of hydrogen-bond donors (Lipinski definition) is 1. The van der Waals surface area contributed by atoms with Crippen molar-refractivity contribution in [2.24, 2.45) is 4.99 Å². The molecule has 0 saturated heterocycles. The van der Waals surface area contributed by atoms with Gasteiger partial charge < -0.3 is 5.32 Å². The van der Waals surface area contributed by atoms with Crippen LogP contribution in [0, 0.1) is 0 Å². The Morgan fingerprint density at radius 3 is 2.73 bits per heavy atom. The minimum absolute atomic E-state index is 0.168. The second-order valence-corrected chi connectivity index (χ2v) is 9.54. The van der Waals surface area contributed by atoms with Gasteiger partial charge in [-0.25, -0.2) is 4.99 Å². The maximum atomic E-state index is 13.5. The van der Waals surface area contributed by atoms with E-state index in [-0.39, 0.29) is 11.5 Å². The molecule has 1 N–H and O–H groups in total. The molecule has 3 aromatic heterocycles. The van der Waals surface area contributed by atoms with Gasteiger partial charge in [0.05, 0.1) is 22.0 Å². The molecule has 0 radical (unpaired) electrons. The number of nitrogens with zero attached hydrogens (tertiary/aromatic N) is 4. The average molecular weight is 476 g/mol. The van der Waals surface area contributed by atoms with Gasteiger partial charge >= 0.3 is 0 Å². The number of aryl methyl sites for hydroxylation is 1. The van der Waals surface area contributed by atoms with Gasteiger partial charge in [0, 0.05) is 28.9 Å². The normalized spacial score (nSPS) is 15.9. The lowest BCUT2D eigenvalue weighted by Gasteiger charge is -2.24. The molecule has 1 aromatic carbocycles. The van der Waals surface area contributed by atoms with Crippen molar-refractivity contribution in [3.8, 4) is 0 Å². The number of fused-ring (bicyclic) bond motifs is 1. The number of para-hydroxylation sites is 1. The first kappa shape index (κ1) is 21.3. The van der Waals surface area contributed by atoms with E-state index in [0.717, 1.165) is 17.0 Å². The fourth-order valence-corrected chi connectivity index (χ4v) is 5.70. The van der Waals surface area contributed by atoms with Crippen LogP contribution in [0.3, 0.4) is 0 Å². The Balaban J connectivity index is 1.64. The molecule has 0 spiro atoms. The molecule has 1 amide bonds. The highest BCUT2D eigenvalue weighted by Crippen LogP contribution is 2.33. The lowest BCUT2D eigenvalue weighted by molar-refractivity contribution is -0.113. The minimum atomic E-state index is -0.537. The molecule has 1 aliphatic heterocycles. The highest BCUT2D eigenvalue weighted by atomic mass is 32.1. The summed E-state index contributed by atoms with van der Waals surface area (Å²) in [5, 5.41) is 9.19. The van der Waals surface area contributed by atoms with Crippen LogP contribution in [0.1, 0.15) is 30.3 Å². The quantitative estimate of drug-likeness (QED) is 0.482. The van der Waals surface area contributed by atoms with E-state index >= 15 is 0 Å². The zero-order valence-corrected chi connectivity index (χ0v) is 19.7. The Labute approximate surface area is 197 Å². The van der Waals surface area contributed by atoms with Gasteiger partial charge in [-0.15, -0.1) is 11.3 Å². The number of benzene rings is 1. The molecule has 33 heavy (non-hydrogen) atoms. The van der Waals surface area contributed by atoms with E-state index < -0.39 is 6.04 Å². The van der Waals surface area contributed by atoms with Crippen LogP contribution in [0.5, 0.6) is 0 Å². The number of carbonyl (C=O) groups excluding carboxylic acids is 1. The molecule has 0 bridgehead atoms. The van der Waals surface area contributed by atoms with Crippen LogP contribution in [0.4, 0.5) is 5.69 Å². The number of carbonyl (C=O) groups is 1. The summed E-state index contributed by atoms with van der Waals surface area (Å²) in [7, 11) is 0. The highest BCUT2D eigenvalue weighted by Gasteiger charge is 2.33. The molecule has 9 heteroatoms. The summed E-state index contributed by atoms with van der Waals surface area (Å²) in [4.78, 5) is 33.1. The monoisotopic (exact) mass is 475 g/mol. The van der Waals surface area contributed by atoms with Crippen LogP contribution in [0.25, 0.3) is 6.08 Å². The predicted molar refractivity (Wildman–Crippen MR) is 131 cm³/mol. The Kier molecular flexibility index (Phi) is 5.65. The number of aromatic nitrogens is 3. The zero-order chi connectivity index (χ0) is 22.9. The first-order chi connectivity index (χ1) is 16.0. The Hall–Kier alpha value is -3.56. The number of thiophene rings is 1. The largest absolute Gasteiger partial charge is 0.322 e. The summed E-state index contributed by atoms with van der Waals surface area (Å²) >= 11 is 2.84. The van der Waals surface area contributed by atoms with Crippen LogP contribution in [-0.2, 0) is 11.3 Å². The maximum Gasteiger partial charge on any atom is 0.271 e. The van der Waals surface area contributed by atoms with E-state index in [1.54, 1.807) is 10.8 Å². The van der Waals surface area contributed by atoms with Crippen molar-refractivity contribution in [3.63, 3.8) is 0 Å². The van der Waals surface area contributed by atoms with E-state index in [2.05, 4.69) is 15.4 Å². The van der Waals surface area contributed by atoms with Crippen molar-refractivity contribution < 1.29 is 4.79 Å². The smallest absolute Gasteiger partial charge is 0.271 e. The molecular weight excluding hydrogens is 454 g/mol. The van der Waals surface area contributed by atoms with Gasteiger partial charge in [0.25, 0.3) is 11.5 Å². The van der Waals surface area contributed by atoms with Gasteiger partial charge in [-0.1, -0.05) is 35.6 Å². The fourth-order valence-electron chi connectivity index (χ4n) is 3.83. The molecule has 0 aliphatic carbocycles. The number of allylic oxidation sites excluding steroid dienone is 1. The summed E-state index contributed by atoms with van der Waals surface area (Å²) in [5.74, 6) is -0.264. The van der Waals surface area contributed by atoms with Crippen molar-refractivity contribution >= 4 is 40.3 Å². The molecule has 4 aromatic rings. The summed E-state index contributed by atoms with van der Waals surface area (Å²) in [6, 6.07) is 12.6. The van der Waals surface area contributed by atoms with Gasteiger partial charge in [-0.05, 0) is 43.5 Å². The third-order valence-corrected chi connectivity index (χ3v) is 7.29. The number of nitrogens with one attached hydrogen (secondary N) is 1. The van der Waals surface area contributed by atoms with E-state index in [1.165, 1.54) is 22.7 Å². The SMILES string of the molecule is CCn1cc(C=c2sc3n(c2=O)C(c2cccs2)C(C(=O)Nc2ccccc2)=C(C)N=3)cn1. The molecule has 166 valence electrons. The highest BCUT2D eigenvalue weighted by molar-refractivity contribution is 7.10. The second-order valence-electron chi connectivity index (χ2n) is 7.55. The first-order valence-electron chi connectivity index (χ1n) is 10.5. The maximum absolute atomic E-state index is 13.5. The standard InChI is InChI=1S/C24H21N5O2S2/c1-3-28-14-16(13-25-28)12-19-23(31)29-21(18-10-7-11-32-18)20(15(2)26-24(29)33-19)22(30)27-17-8-5-4-6-9-17/h4-14,21H,3H2,1-2H3,(H,27,30). The molecule has 1 aliphatic rings. The minimum Gasteiger partial charge on any atom is -0.322 e. The van der Waals surface area contributed by atoms with Crippen molar-refractivity contribution in [3.05, 3.63) is 102 Å². The summed E-state index contributed by atoms with van der Waals surface area (Å²) in [5.41, 5.74) is 2.46. The number of hydrogen-bond acceptors (Lipinski definition) is 6. The lowest BCUT2D eigenvalue weighted by atomic mass is 10.0. The number of rotatable bonds is 5. The Bertz CT molecular complexity index is 1530. The van der Waals surface area contributed by atoms with Gasteiger partial charge in [0.1, 0.15) is 6.04 Å². The molecular formula is C24H21N5O2S2. The second kappa shape index (κ2) is 8.76. The van der Waals surface area contributed by atoms with Gasteiger partial charge in [0.2, 0.25) is 0 Å². The third-order valence-electron chi connectivity index (χ3n) is 5.39. The first-order valence-corrected chi connectivity index (χ1v) is 12.2. The zero-order valence-electron chi connectivity index (χ0n) is 18.1. The van der Waals surface area contributed by atoms with E-state index in [1.807, 2.05) is 78.6 Å². The fraction of sp³-hybridized carbons (Fsp3) is 0.167. The van der Waals surface area contributed by atoms with Crippen LogP contribution in [0.2, 0.25) is 0 Å². The molecule has 4 heterocycles. The number of amides is 1. The molecule has 1 atom stereocenters. The molecule has 1 unspecified atom stereocenters. The van der Waals surface area contributed by atoms with Crippen LogP contribution in [-0.4, -0.2) is 20.3 Å². The van der Waals surface area contributed by atoms with Crippen molar-refractivity contribution in [2.75, 3.05) is 5.32 Å². The van der Waals surface area contributed by atoms with Gasteiger partial charge in [0.15, 0.2) is 4.80 Å². The Morgan fingerprint density at radius 2 is 2.03 bits per heavy atom. The molecule has 0 fully saturated rings. The predicted octanol–water partition coefficient (Wildman–Crippen LogP) is 3.15.